The van der Waals surface area contributed by atoms with Crippen LogP contribution in [0.3, 0.4) is 0 Å². The average Bonchev–Trinajstić information content (AvgIpc) is 2.44. The molecule has 0 aliphatic rings. The fourth-order valence-electron chi connectivity index (χ4n) is 1.56. The number of aliphatic carboxylic acids is 1. The van der Waals surface area contributed by atoms with Gasteiger partial charge in [0.25, 0.3) is 10.2 Å². The molecule has 0 radical (unpaired) electrons. The fourth-order valence-corrected chi connectivity index (χ4v) is 3.03. The van der Waals surface area contributed by atoms with Crippen molar-refractivity contribution in [2.45, 2.75) is 23.9 Å². The van der Waals surface area contributed by atoms with Gasteiger partial charge in [-0.15, -0.1) is 0 Å². The molecule has 0 aromatic heterocycles. The first-order valence-corrected chi connectivity index (χ1v) is 9.90. The van der Waals surface area contributed by atoms with E-state index in [4.69, 9.17) is 10.8 Å². The zero-order valence-electron chi connectivity index (χ0n) is 12.4. The maximum Gasteiger partial charge on any atom is 0.320 e. The quantitative estimate of drug-likeness (QED) is 0.429. The summed E-state index contributed by atoms with van der Waals surface area (Å²) in [6.45, 7) is -0.153. The highest BCUT2D eigenvalue weighted by Crippen LogP contribution is 2.10. The van der Waals surface area contributed by atoms with Gasteiger partial charge in [-0.25, -0.2) is 13.1 Å². The van der Waals surface area contributed by atoms with Crippen molar-refractivity contribution in [2.75, 3.05) is 12.8 Å². The largest absolute Gasteiger partial charge is 0.480 e. The molecule has 0 heterocycles. The third-order valence-corrected chi connectivity index (χ3v) is 5.12. The van der Waals surface area contributed by atoms with E-state index in [0.717, 1.165) is 6.26 Å². The Morgan fingerprint density at radius 1 is 1.17 bits per heavy atom. The van der Waals surface area contributed by atoms with Crippen molar-refractivity contribution in [1.82, 2.24) is 9.44 Å². The van der Waals surface area contributed by atoms with Crippen LogP contribution in [0.5, 0.6) is 0 Å². The highest BCUT2D eigenvalue weighted by molar-refractivity contribution is 7.90. The molecule has 1 atom stereocenters. The van der Waals surface area contributed by atoms with Crippen LogP contribution in [0.1, 0.15) is 12.0 Å². The number of carboxylic acids is 1. The first-order valence-electron chi connectivity index (χ1n) is 6.53. The van der Waals surface area contributed by atoms with E-state index < -0.39 is 32.1 Å². The van der Waals surface area contributed by atoms with E-state index in [1.54, 1.807) is 0 Å². The minimum Gasteiger partial charge on any atom is -0.480 e. The van der Waals surface area contributed by atoms with Crippen molar-refractivity contribution in [1.29, 1.82) is 0 Å². The molecular formula is C12H19N3O6S2. The van der Waals surface area contributed by atoms with Crippen molar-refractivity contribution in [3.05, 3.63) is 29.8 Å². The minimum atomic E-state index is -3.81. The van der Waals surface area contributed by atoms with Crippen molar-refractivity contribution in [3.63, 3.8) is 0 Å². The first-order chi connectivity index (χ1) is 10.5. The summed E-state index contributed by atoms with van der Waals surface area (Å²) in [7, 11) is -7.11. The maximum atomic E-state index is 11.7. The van der Waals surface area contributed by atoms with Crippen LogP contribution in [0.4, 0.5) is 0 Å². The molecule has 5 N–H and O–H groups in total. The second kappa shape index (κ2) is 7.84. The summed E-state index contributed by atoms with van der Waals surface area (Å²) in [6.07, 6.45) is 1.04. The van der Waals surface area contributed by atoms with Gasteiger partial charge in [-0.2, -0.15) is 13.1 Å². The fraction of sp³-hybridized carbons (Fsp3) is 0.417. The smallest absolute Gasteiger partial charge is 0.320 e. The van der Waals surface area contributed by atoms with Gasteiger partial charge in [0.05, 0.1) is 4.90 Å². The lowest BCUT2D eigenvalue weighted by Crippen LogP contribution is -2.40. The van der Waals surface area contributed by atoms with Gasteiger partial charge in [-0.1, -0.05) is 12.1 Å². The Kier molecular flexibility index (Phi) is 6.65. The molecule has 0 bridgehead atoms. The third-order valence-electron chi connectivity index (χ3n) is 2.88. The number of sulfone groups is 1. The zero-order chi connectivity index (χ0) is 17.7. The highest BCUT2D eigenvalue weighted by Gasteiger charge is 2.14. The van der Waals surface area contributed by atoms with Gasteiger partial charge in [0.15, 0.2) is 9.84 Å². The Hall–Kier alpha value is -1.53. The first kappa shape index (κ1) is 19.5. The number of nitrogens with two attached hydrogens (primary N) is 1. The van der Waals surface area contributed by atoms with Crippen LogP contribution in [0.15, 0.2) is 29.2 Å². The molecule has 1 aromatic carbocycles. The number of carbonyl (C=O) groups is 1. The molecule has 130 valence electrons. The van der Waals surface area contributed by atoms with Crippen LogP contribution >= 0.6 is 0 Å². The van der Waals surface area contributed by atoms with Crippen molar-refractivity contribution < 1.29 is 26.7 Å². The molecule has 0 aliphatic heterocycles. The summed E-state index contributed by atoms with van der Waals surface area (Å²) in [5.41, 5.74) is 5.83. The molecule has 1 aromatic rings. The molecule has 0 saturated carbocycles. The van der Waals surface area contributed by atoms with Crippen LogP contribution in [0.25, 0.3) is 0 Å². The standard InChI is InChI=1S/C12H19N3O6S2/c1-22(18,19)10-4-2-9(3-5-10)8-15-23(20,21)14-7-6-11(13)12(16)17/h2-5,11,14-15H,6-8,13H2,1H3,(H,16,17). The Labute approximate surface area is 135 Å². The summed E-state index contributed by atoms with van der Waals surface area (Å²) in [5.74, 6) is -1.21. The van der Waals surface area contributed by atoms with E-state index in [1.807, 2.05) is 0 Å². The van der Waals surface area contributed by atoms with Gasteiger partial charge in [-0.3, -0.25) is 4.79 Å². The second-order valence-electron chi connectivity index (χ2n) is 4.87. The molecule has 0 aliphatic carbocycles. The molecule has 0 amide bonds. The Balaban J connectivity index is 2.51. The SMILES string of the molecule is CS(=O)(=O)c1ccc(CNS(=O)(=O)NCCC(N)C(=O)O)cc1. The van der Waals surface area contributed by atoms with Gasteiger partial charge >= 0.3 is 5.97 Å². The Morgan fingerprint density at radius 3 is 2.22 bits per heavy atom. The monoisotopic (exact) mass is 365 g/mol. The lowest BCUT2D eigenvalue weighted by molar-refractivity contribution is -0.138. The van der Waals surface area contributed by atoms with E-state index in [2.05, 4.69) is 9.44 Å². The molecule has 1 rings (SSSR count). The zero-order valence-corrected chi connectivity index (χ0v) is 14.0. The molecule has 1 unspecified atom stereocenters. The van der Waals surface area contributed by atoms with Gasteiger partial charge in [-0.05, 0) is 24.1 Å². The van der Waals surface area contributed by atoms with Gasteiger partial charge in [0.2, 0.25) is 0 Å². The van der Waals surface area contributed by atoms with Crippen LogP contribution in [-0.2, 0) is 31.4 Å². The minimum absolute atomic E-state index is 0.0373. The van der Waals surface area contributed by atoms with Crippen molar-refractivity contribution >= 4 is 26.0 Å². The Morgan fingerprint density at radius 2 is 1.74 bits per heavy atom. The number of carboxylic acid groups (broad SMARTS) is 1. The Bertz CT molecular complexity index is 744. The summed E-state index contributed by atoms with van der Waals surface area (Å²) in [6, 6.07) is 4.64. The molecule has 0 saturated heterocycles. The number of hydrogen-bond donors (Lipinski definition) is 4. The average molecular weight is 365 g/mol. The van der Waals surface area contributed by atoms with E-state index in [1.165, 1.54) is 24.3 Å². The predicted octanol–water partition coefficient (Wildman–Crippen LogP) is -1.18. The number of rotatable bonds is 9. The summed E-state index contributed by atoms with van der Waals surface area (Å²) < 4.78 is 50.4. The van der Waals surface area contributed by atoms with Gasteiger partial charge in [0, 0.05) is 19.3 Å². The van der Waals surface area contributed by atoms with Crippen molar-refractivity contribution in [3.8, 4) is 0 Å². The number of hydrogen-bond acceptors (Lipinski definition) is 6. The lowest BCUT2D eigenvalue weighted by atomic mass is 10.2. The molecular weight excluding hydrogens is 346 g/mol. The summed E-state index contributed by atoms with van der Waals surface area (Å²) in [5, 5.41) is 8.58. The van der Waals surface area contributed by atoms with E-state index >= 15 is 0 Å². The summed E-state index contributed by atoms with van der Waals surface area (Å²) in [4.78, 5) is 10.6. The van der Waals surface area contributed by atoms with Crippen LogP contribution < -0.4 is 15.2 Å². The van der Waals surface area contributed by atoms with E-state index in [0.29, 0.717) is 5.56 Å². The molecule has 0 spiro atoms. The number of benzene rings is 1. The van der Waals surface area contributed by atoms with E-state index in [-0.39, 0.29) is 24.4 Å². The maximum absolute atomic E-state index is 11.7. The normalized spacial score (nSPS) is 13.7. The van der Waals surface area contributed by atoms with Crippen LogP contribution in [-0.4, -0.2) is 46.8 Å². The summed E-state index contributed by atoms with van der Waals surface area (Å²) >= 11 is 0. The second-order valence-corrected chi connectivity index (χ2v) is 8.47. The molecule has 11 heteroatoms. The molecule has 9 nitrogen and oxygen atoms in total. The third kappa shape index (κ3) is 7.05. The molecule has 23 heavy (non-hydrogen) atoms. The highest BCUT2D eigenvalue weighted by atomic mass is 32.2. The topological polar surface area (TPSA) is 156 Å². The van der Waals surface area contributed by atoms with Gasteiger partial charge in [0.1, 0.15) is 6.04 Å². The lowest BCUT2D eigenvalue weighted by Gasteiger charge is -2.10. The van der Waals surface area contributed by atoms with Gasteiger partial charge < -0.3 is 10.8 Å². The predicted molar refractivity (Wildman–Crippen MR) is 83.5 cm³/mol. The number of nitrogens with one attached hydrogen (secondary N) is 2. The van der Waals surface area contributed by atoms with Crippen LogP contribution in [0, 0.1) is 0 Å². The van der Waals surface area contributed by atoms with Crippen molar-refractivity contribution in [2.24, 2.45) is 5.73 Å². The van der Waals surface area contributed by atoms with Crippen LogP contribution in [0.2, 0.25) is 0 Å². The molecule has 0 fully saturated rings. The van der Waals surface area contributed by atoms with E-state index in [9.17, 15) is 21.6 Å².